The maximum Gasteiger partial charge on any atom is 0.246 e. The third kappa shape index (κ3) is 9.93. The molecule has 2 aliphatic rings. The normalized spacial score (nSPS) is 16.7. The lowest BCUT2D eigenvalue weighted by molar-refractivity contribution is -0.539. The molecule has 0 unspecified atom stereocenters. The molecule has 47 heavy (non-hydrogen) atoms. The van der Waals surface area contributed by atoms with Crippen molar-refractivity contribution >= 4 is 18.3 Å². The van der Waals surface area contributed by atoms with Gasteiger partial charge in [-0.25, -0.2) is 0 Å². The van der Waals surface area contributed by atoms with Crippen LogP contribution in [0.15, 0.2) is 34.3 Å². The van der Waals surface area contributed by atoms with Crippen LogP contribution in [-0.2, 0) is 22.7 Å². The summed E-state index contributed by atoms with van der Waals surface area (Å²) >= 11 is 0. The molecule has 0 saturated heterocycles. The van der Waals surface area contributed by atoms with Crippen molar-refractivity contribution in [2.75, 3.05) is 39.3 Å². The fourth-order valence-corrected chi connectivity index (χ4v) is 6.71. The Morgan fingerprint density at radius 2 is 1.30 bits per heavy atom. The standard InChI is InChI=1S/C41H62N4O2/c1-39(2,3)33-24-30(16-13-21-45-23-15-22-44-20-12-10-11-17-36(44)45)37(46)31(25-33)28-42-18-14-19-43-29-32-26-34(40(4,5)6)27-35(38(32)47)41(7,8)9/h24-29H,10-23H2,1-9H3,(H-,42,43,46,47)/p+1. The van der Waals surface area contributed by atoms with E-state index >= 15 is 0 Å². The monoisotopic (exact) mass is 643 g/mol. The van der Waals surface area contributed by atoms with E-state index < -0.39 is 0 Å². The summed E-state index contributed by atoms with van der Waals surface area (Å²) in [6.07, 6.45) is 12.7. The zero-order valence-electron chi connectivity index (χ0n) is 31.0. The first-order valence-electron chi connectivity index (χ1n) is 18.2. The van der Waals surface area contributed by atoms with Crippen LogP contribution in [0.5, 0.6) is 11.5 Å². The molecule has 0 spiro atoms. The number of nitrogens with zero attached hydrogens (tertiary/aromatic N) is 4. The molecule has 0 aliphatic carbocycles. The Labute approximate surface area is 285 Å². The Hall–Kier alpha value is -3.15. The van der Waals surface area contributed by atoms with E-state index in [9.17, 15) is 10.2 Å². The molecule has 4 rings (SSSR count). The van der Waals surface area contributed by atoms with Gasteiger partial charge < -0.3 is 10.2 Å². The number of benzene rings is 2. The number of hydrogen-bond acceptors (Lipinski definition) is 5. The van der Waals surface area contributed by atoms with Crippen LogP contribution in [0.3, 0.4) is 0 Å². The minimum Gasteiger partial charge on any atom is -0.507 e. The molecular formula is C41H63N4O2+. The molecule has 0 radical (unpaired) electrons. The summed E-state index contributed by atoms with van der Waals surface area (Å²) in [6, 6.07) is 8.50. The Morgan fingerprint density at radius 3 is 1.91 bits per heavy atom. The highest BCUT2D eigenvalue weighted by Gasteiger charge is 2.28. The molecule has 2 N–H and O–H groups in total. The summed E-state index contributed by atoms with van der Waals surface area (Å²) < 4.78 is 2.63. The van der Waals surface area contributed by atoms with Gasteiger partial charge >= 0.3 is 0 Å². The zero-order chi connectivity index (χ0) is 34.4. The van der Waals surface area contributed by atoms with Crippen LogP contribution in [0.2, 0.25) is 0 Å². The third-order valence-electron chi connectivity index (χ3n) is 9.72. The molecule has 0 bridgehead atoms. The van der Waals surface area contributed by atoms with Gasteiger partial charge in [0, 0.05) is 55.1 Å². The molecule has 2 aromatic rings. The largest absolute Gasteiger partial charge is 0.507 e. The van der Waals surface area contributed by atoms with Crippen LogP contribution in [0.25, 0.3) is 0 Å². The molecule has 2 aliphatic heterocycles. The van der Waals surface area contributed by atoms with Crippen LogP contribution >= 0.6 is 0 Å². The highest BCUT2D eigenvalue weighted by Crippen LogP contribution is 2.37. The van der Waals surface area contributed by atoms with E-state index in [1.54, 1.807) is 5.84 Å². The average molecular weight is 644 g/mol. The maximum atomic E-state index is 11.3. The Morgan fingerprint density at radius 1 is 0.702 bits per heavy atom. The Balaban J connectivity index is 1.39. The fourth-order valence-electron chi connectivity index (χ4n) is 6.71. The van der Waals surface area contributed by atoms with Gasteiger partial charge in [0.1, 0.15) is 11.5 Å². The van der Waals surface area contributed by atoms with Gasteiger partial charge in [-0.2, -0.15) is 0 Å². The predicted molar refractivity (Wildman–Crippen MR) is 200 cm³/mol. The van der Waals surface area contributed by atoms with E-state index in [1.807, 2.05) is 12.4 Å². The number of aromatic hydroxyl groups is 2. The van der Waals surface area contributed by atoms with Gasteiger partial charge in [0.2, 0.25) is 5.84 Å². The van der Waals surface area contributed by atoms with Crippen molar-refractivity contribution in [1.29, 1.82) is 0 Å². The number of phenols is 2. The van der Waals surface area contributed by atoms with E-state index in [2.05, 4.69) is 101 Å². The van der Waals surface area contributed by atoms with Crippen molar-refractivity contribution in [3.05, 3.63) is 57.6 Å². The van der Waals surface area contributed by atoms with Crippen LogP contribution in [0.4, 0.5) is 0 Å². The van der Waals surface area contributed by atoms with Crippen molar-refractivity contribution in [3.8, 4) is 11.5 Å². The van der Waals surface area contributed by atoms with Crippen molar-refractivity contribution < 1.29 is 14.8 Å². The zero-order valence-corrected chi connectivity index (χ0v) is 31.0. The van der Waals surface area contributed by atoms with Gasteiger partial charge in [0.05, 0.1) is 26.2 Å². The molecule has 0 fully saturated rings. The van der Waals surface area contributed by atoms with Gasteiger partial charge in [-0.3, -0.25) is 19.5 Å². The lowest BCUT2D eigenvalue weighted by Gasteiger charge is -2.27. The molecule has 0 aromatic heterocycles. The van der Waals surface area contributed by atoms with Crippen molar-refractivity contribution in [1.82, 2.24) is 4.90 Å². The van der Waals surface area contributed by atoms with E-state index in [0.29, 0.717) is 24.6 Å². The topological polar surface area (TPSA) is 71.4 Å². The van der Waals surface area contributed by atoms with Crippen LogP contribution in [0.1, 0.15) is 141 Å². The molecule has 0 atom stereocenters. The number of aliphatic imine (C=N–C) groups is 2. The van der Waals surface area contributed by atoms with Gasteiger partial charge in [0.25, 0.3) is 0 Å². The second-order valence-corrected chi connectivity index (χ2v) is 16.9. The molecule has 0 amide bonds. The molecule has 0 saturated carbocycles. The second kappa shape index (κ2) is 15.4. The van der Waals surface area contributed by atoms with Gasteiger partial charge in [-0.15, -0.1) is 0 Å². The summed E-state index contributed by atoms with van der Waals surface area (Å²) in [5.74, 6) is 2.24. The lowest BCUT2D eigenvalue weighted by Crippen LogP contribution is -2.44. The maximum absolute atomic E-state index is 11.3. The smallest absolute Gasteiger partial charge is 0.246 e. The van der Waals surface area contributed by atoms with E-state index in [-0.39, 0.29) is 16.2 Å². The number of phenolic OH excluding ortho intramolecular Hbond substituents is 2. The number of rotatable bonds is 10. The summed E-state index contributed by atoms with van der Waals surface area (Å²) in [7, 11) is 0. The average Bonchev–Trinajstić information content (AvgIpc) is 3.23. The van der Waals surface area contributed by atoms with Crippen LogP contribution in [-0.4, -0.2) is 77.2 Å². The van der Waals surface area contributed by atoms with Crippen LogP contribution in [0, 0.1) is 0 Å². The summed E-state index contributed by atoms with van der Waals surface area (Å²) in [5.41, 5.74) is 5.76. The Bertz CT molecular complexity index is 1460. The highest BCUT2D eigenvalue weighted by molar-refractivity contribution is 5.85. The second-order valence-electron chi connectivity index (χ2n) is 16.9. The van der Waals surface area contributed by atoms with Crippen molar-refractivity contribution in [2.45, 2.75) is 130 Å². The summed E-state index contributed by atoms with van der Waals surface area (Å²) in [6.45, 7) is 25.5. The van der Waals surface area contributed by atoms with Crippen molar-refractivity contribution in [3.63, 3.8) is 0 Å². The molecule has 6 heteroatoms. The third-order valence-corrected chi connectivity index (χ3v) is 9.72. The summed E-state index contributed by atoms with van der Waals surface area (Å²) in [5, 5.41) is 22.4. The van der Waals surface area contributed by atoms with Gasteiger partial charge in [-0.05, 0) is 83.6 Å². The number of aryl methyl sites for hydroxylation is 1. The molecule has 258 valence electrons. The first kappa shape index (κ1) is 36.7. The Kier molecular flexibility index (Phi) is 12.0. The molecule has 6 nitrogen and oxygen atoms in total. The van der Waals surface area contributed by atoms with Gasteiger partial charge in [0.15, 0.2) is 0 Å². The van der Waals surface area contributed by atoms with E-state index in [1.165, 1.54) is 56.3 Å². The SMILES string of the molecule is CC(C)(C)c1cc(C=NCCCN=Cc2cc(C(C)(C)C)cc(C(C)(C)C)c2O)c(O)c(CCCN2CCC[N+]3=C2CCCCC3)c1. The predicted octanol–water partition coefficient (Wildman–Crippen LogP) is 8.54. The first-order valence-corrected chi connectivity index (χ1v) is 18.2. The van der Waals surface area contributed by atoms with E-state index in [4.69, 9.17) is 4.99 Å². The molecular weight excluding hydrogens is 580 g/mol. The van der Waals surface area contributed by atoms with E-state index in [0.717, 1.165) is 54.6 Å². The number of hydrogen-bond donors (Lipinski definition) is 2. The molecule has 2 aromatic carbocycles. The quantitative estimate of drug-likeness (QED) is 0.155. The molecule has 2 heterocycles. The van der Waals surface area contributed by atoms with Crippen molar-refractivity contribution in [2.24, 2.45) is 9.98 Å². The minimum atomic E-state index is -0.166. The summed E-state index contributed by atoms with van der Waals surface area (Å²) in [4.78, 5) is 12.0. The van der Waals surface area contributed by atoms with Gasteiger partial charge in [-0.1, -0.05) is 74.4 Å². The minimum absolute atomic E-state index is 0.0218. The number of amidine groups is 1. The van der Waals surface area contributed by atoms with Crippen LogP contribution < -0.4 is 0 Å². The highest BCUT2D eigenvalue weighted by atomic mass is 16.3. The first-order chi connectivity index (χ1) is 22.1. The lowest BCUT2D eigenvalue weighted by atomic mass is 9.79. The fraction of sp³-hybridized carbons (Fsp3) is 0.634.